The second-order valence-electron chi connectivity index (χ2n) is 3.32. The molecule has 0 amide bonds. The monoisotopic (exact) mass is 216 g/mol. The van der Waals surface area contributed by atoms with E-state index in [0.29, 0.717) is 0 Å². The van der Waals surface area contributed by atoms with Gasteiger partial charge in [0.1, 0.15) is 0 Å². The standard InChI is InChI=1S/C8H10.C4H8.C4H6/c1-7-3-5-8(2)6-4-7;2*1-3-4-2/h3-6H,1-2H3;3-4H,1-2H3;1-2H3. The van der Waals surface area contributed by atoms with E-state index in [9.17, 15) is 0 Å². The molecule has 0 atom stereocenters. The summed E-state index contributed by atoms with van der Waals surface area (Å²) in [5, 5.41) is 0. The van der Waals surface area contributed by atoms with Crippen LogP contribution in [-0.2, 0) is 0 Å². The molecule has 0 aliphatic carbocycles. The summed E-state index contributed by atoms with van der Waals surface area (Å²) >= 11 is 0. The minimum atomic E-state index is 1.33. The summed E-state index contributed by atoms with van der Waals surface area (Å²) in [5.41, 5.74) is 2.66. The van der Waals surface area contributed by atoms with E-state index in [1.54, 1.807) is 0 Å². The van der Waals surface area contributed by atoms with Crippen molar-refractivity contribution >= 4 is 0 Å². The Kier molecular flexibility index (Phi) is 14.3. The Balaban J connectivity index is 0. The van der Waals surface area contributed by atoms with E-state index in [-0.39, 0.29) is 0 Å². The van der Waals surface area contributed by atoms with Gasteiger partial charge >= 0.3 is 0 Å². The molecule has 1 aromatic rings. The minimum absolute atomic E-state index is 1.33. The zero-order valence-corrected chi connectivity index (χ0v) is 11.5. The number of hydrogen-bond acceptors (Lipinski definition) is 0. The van der Waals surface area contributed by atoms with E-state index in [2.05, 4.69) is 50.0 Å². The molecule has 0 fully saturated rings. The fourth-order valence-electron chi connectivity index (χ4n) is 0.637. The summed E-state index contributed by atoms with van der Waals surface area (Å²) in [5.74, 6) is 5.36. The van der Waals surface area contributed by atoms with E-state index in [1.807, 2.05) is 39.8 Å². The summed E-state index contributed by atoms with van der Waals surface area (Å²) in [7, 11) is 0. The van der Waals surface area contributed by atoms with Crippen LogP contribution in [0.3, 0.4) is 0 Å². The molecular weight excluding hydrogens is 192 g/mol. The molecule has 0 aliphatic rings. The van der Waals surface area contributed by atoms with E-state index < -0.39 is 0 Å². The Bertz CT molecular complexity index is 286. The topological polar surface area (TPSA) is 0 Å². The summed E-state index contributed by atoms with van der Waals surface area (Å²) in [6.45, 7) is 11.8. The Morgan fingerprint density at radius 1 is 0.750 bits per heavy atom. The van der Waals surface area contributed by atoms with Gasteiger partial charge in [-0.15, -0.1) is 11.8 Å². The number of allylic oxidation sites excluding steroid dienone is 2. The SMILES string of the molecule is CC#CC.CC=CC.Cc1ccc(C)cc1. The Morgan fingerprint density at radius 2 is 1.00 bits per heavy atom. The number of benzene rings is 1. The highest BCUT2D eigenvalue weighted by Crippen LogP contribution is 1.99. The van der Waals surface area contributed by atoms with Crippen molar-refractivity contribution in [3.05, 3.63) is 47.5 Å². The molecule has 0 nitrogen and oxygen atoms in total. The first-order valence-electron chi connectivity index (χ1n) is 5.56. The maximum absolute atomic E-state index is 2.68. The van der Waals surface area contributed by atoms with Crippen LogP contribution in [0.1, 0.15) is 38.8 Å². The summed E-state index contributed by atoms with van der Waals surface area (Å²) in [4.78, 5) is 0. The molecule has 0 N–H and O–H groups in total. The molecule has 0 bridgehead atoms. The van der Waals surface area contributed by atoms with Crippen LogP contribution >= 0.6 is 0 Å². The number of aryl methyl sites for hydroxylation is 2. The van der Waals surface area contributed by atoms with E-state index in [4.69, 9.17) is 0 Å². The van der Waals surface area contributed by atoms with Gasteiger partial charge in [-0.2, -0.15) is 0 Å². The zero-order valence-electron chi connectivity index (χ0n) is 11.5. The van der Waals surface area contributed by atoms with Crippen molar-refractivity contribution in [2.75, 3.05) is 0 Å². The third kappa shape index (κ3) is 15.0. The summed E-state index contributed by atoms with van der Waals surface area (Å²) < 4.78 is 0. The molecule has 16 heavy (non-hydrogen) atoms. The second-order valence-corrected chi connectivity index (χ2v) is 3.32. The first-order chi connectivity index (χ1) is 7.62. The molecule has 0 heteroatoms. The maximum Gasteiger partial charge on any atom is -0.00271 e. The van der Waals surface area contributed by atoms with Crippen LogP contribution in [0.25, 0.3) is 0 Å². The third-order valence-corrected chi connectivity index (χ3v) is 1.80. The van der Waals surface area contributed by atoms with Gasteiger partial charge in [-0.3, -0.25) is 0 Å². The molecule has 0 radical (unpaired) electrons. The van der Waals surface area contributed by atoms with Crippen LogP contribution in [0.5, 0.6) is 0 Å². The minimum Gasteiger partial charge on any atom is -0.107 e. The summed E-state index contributed by atoms with van der Waals surface area (Å²) in [6.07, 6.45) is 4.00. The molecule has 88 valence electrons. The lowest BCUT2D eigenvalue weighted by Gasteiger charge is -1.90. The van der Waals surface area contributed by atoms with Crippen molar-refractivity contribution in [3.8, 4) is 11.8 Å². The van der Waals surface area contributed by atoms with E-state index >= 15 is 0 Å². The van der Waals surface area contributed by atoms with Gasteiger partial charge in [-0.1, -0.05) is 47.5 Å². The van der Waals surface area contributed by atoms with Crippen LogP contribution in [-0.4, -0.2) is 0 Å². The molecule has 1 aromatic carbocycles. The molecule has 1 rings (SSSR count). The van der Waals surface area contributed by atoms with Crippen LogP contribution in [0.2, 0.25) is 0 Å². The average molecular weight is 216 g/mol. The highest BCUT2D eigenvalue weighted by molar-refractivity contribution is 5.19. The lowest BCUT2D eigenvalue weighted by molar-refractivity contribution is 1.40. The third-order valence-electron chi connectivity index (χ3n) is 1.80. The Morgan fingerprint density at radius 3 is 1.12 bits per heavy atom. The molecule has 0 aromatic heterocycles. The van der Waals surface area contributed by atoms with E-state index in [1.165, 1.54) is 11.1 Å². The van der Waals surface area contributed by atoms with Crippen molar-refractivity contribution in [2.24, 2.45) is 0 Å². The van der Waals surface area contributed by atoms with Crippen LogP contribution < -0.4 is 0 Å². The lowest BCUT2D eigenvalue weighted by Crippen LogP contribution is -1.70. The van der Waals surface area contributed by atoms with Gasteiger partial charge in [0.25, 0.3) is 0 Å². The first-order valence-corrected chi connectivity index (χ1v) is 5.56. The van der Waals surface area contributed by atoms with Gasteiger partial charge in [0.15, 0.2) is 0 Å². The predicted octanol–water partition coefficient (Wildman–Crippen LogP) is 4.92. The second kappa shape index (κ2) is 13.5. The Labute approximate surface area is 101 Å². The molecule has 0 saturated heterocycles. The van der Waals surface area contributed by atoms with Crippen molar-refractivity contribution in [1.82, 2.24) is 0 Å². The van der Waals surface area contributed by atoms with Gasteiger partial charge in [-0.05, 0) is 41.5 Å². The van der Waals surface area contributed by atoms with Gasteiger partial charge in [0.2, 0.25) is 0 Å². The number of rotatable bonds is 0. The fraction of sp³-hybridized carbons (Fsp3) is 0.375. The summed E-state index contributed by atoms with van der Waals surface area (Å²) in [6, 6.07) is 8.48. The molecule has 0 saturated carbocycles. The predicted molar refractivity (Wildman–Crippen MR) is 75.5 cm³/mol. The molecule has 0 heterocycles. The molecule has 0 unspecified atom stereocenters. The van der Waals surface area contributed by atoms with Gasteiger partial charge in [0.05, 0.1) is 0 Å². The number of hydrogen-bond donors (Lipinski definition) is 0. The maximum atomic E-state index is 2.68. The van der Waals surface area contributed by atoms with Crippen LogP contribution in [0, 0.1) is 25.7 Å². The first kappa shape index (κ1) is 16.9. The van der Waals surface area contributed by atoms with Crippen molar-refractivity contribution < 1.29 is 0 Å². The molecule has 0 aliphatic heterocycles. The fourth-order valence-corrected chi connectivity index (χ4v) is 0.637. The lowest BCUT2D eigenvalue weighted by atomic mass is 10.2. The van der Waals surface area contributed by atoms with Crippen LogP contribution in [0.4, 0.5) is 0 Å². The Hall–Kier alpha value is -1.48. The zero-order chi connectivity index (χ0) is 12.8. The van der Waals surface area contributed by atoms with Crippen LogP contribution in [0.15, 0.2) is 36.4 Å². The average Bonchev–Trinajstić information content (AvgIpc) is 2.33. The van der Waals surface area contributed by atoms with Gasteiger partial charge < -0.3 is 0 Å². The van der Waals surface area contributed by atoms with E-state index in [0.717, 1.165) is 0 Å². The van der Waals surface area contributed by atoms with Gasteiger partial charge in [-0.25, -0.2) is 0 Å². The normalized spacial score (nSPS) is 7.88. The van der Waals surface area contributed by atoms with Crippen molar-refractivity contribution in [3.63, 3.8) is 0 Å². The van der Waals surface area contributed by atoms with Gasteiger partial charge in [0, 0.05) is 0 Å². The molecule has 0 spiro atoms. The smallest absolute Gasteiger partial charge is 0.00271 e. The quantitative estimate of drug-likeness (QED) is 0.427. The largest absolute Gasteiger partial charge is 0.107 e. The van der Waals surface area contributed by atoms with Crippen molar-refractivity contribution in [1.29, 1.82) is 0 Å². The highest BCUT2D eigenvalue weighted by atomic mass is 13.9. The van der Waals surface area contributed by atoms with Crippen molar-refractivity contribution in [2.45, 2.75) is 41.5 Å². The molecular formula is C16H24. The highest BCUT2D eigenvalue weighted by Gasteiger charge is 1.79.